The zero-order chi connectivity index (χ0) is 19.2. The number of halogens is 2. The Labute approximate surface area is 166 Å². The van der Waals surface area contributed by atoms with Gasteiger partial charge in [0.15, 0.2) is 6.61 Å². The van der Waals surface area contributed by atoms with Crippen molar-refractivity contribution < 1.29 is 14.3 Å². The second-order valence-corrected chi connectivity index (χ2v) is 6.50. The Morgan fingerprint density at radius 3 is 2.37 bits per heavy atom. The summed E-state index contributed by atoms with van der Waals surface area (Å²) in [6.45, 7) is -0.440. The molecule has 0 aliphatic heterocycles. The molecule has 0 aromatic heterocycles. The maximum Gasteiger partial charge on any atom is 0.339 e. The van der Waals surface area contributed by atoms with Crippen LogP contribution in [0.25, 0.3) is 11.1 Å². The molecule has 6 heteroatoms. The SMILES string of the molecule is O=C(COC(=O)c1ccccc1-c1ccccc1)Nc1cc(Cl)ccc1Cl. The van der Waals surface area contributed by atoms with E-state index in [2.05, 4.69) is 5.32 Å². The molecule has 0 atom stereocenters. The minimum absolute atomic E-state index is 0.341. The van der Waals surface area contributed by atoms with Crippen molar-refractivity contribution >= 4 is 40.8 Å². The van der Waals surface area contributed by atoms with Crippen LogP contribution in [0.4, 0.5) is 5.69 Å². The molecular formula is C21H15Cl2NO3. The molecule has 3 aromatic carbocycles. The minimum atomic E-state index is -0.582. The summed E-state index contributed by atoms with van der Waals surface area (Å²) < 4.78 is 5.17. The highest BCUT2D eigenvalue weighted by atomic mass is 35.5. The predicted molar refractivity (Wildman–Crippen MR) is 107 cm³/mol. The van der Waals surface area contributed by atoms with Gasteiger partial charge >= 0.3 is 5.97 Å². The van der Waals surface area contributed by atoms with Gasteiger partial charge in [0.05, 0.1) is 16.3 Å². The van der Waals surface area contributed by atoms with E-state index < -0.39 is 18.5 Å². The first-order valence-electron chi connectivity index (χ1n) is 8.11. The summed E-state index contributed by atoms with van der Waals surface area (Å²) in [7, 11) is 0. The summed E-state index contributed by atoms with van der Waals surface area (Å²) in [6, 6.07) is 21.3. The summed E-state index contributed by atoms with van der Waals surface area (Å²) in [6.07, 6.45) is 0. The topological polar surface area (TPSA) is 55.4 Å². The van der Waals surface area contributed by atoms with E-state index in [-0.39, 0.29) is 0 Å². The van der Waals surface area contributed by atoms with Crippen molar-refractivity contribution in [1.82, 2.24) is 0 Å². The predicted octanol–water partition coefficient (Wildman–Crippen LogP) is 5.46. The van der Waals surface area contributed by atoms with Crippen molar-refractivity contribution in [3.05, 3.63) is 88.4 Å². The Balaban J connectivity index is 1.68. The summed E-state index contributed by atoms with van der Waals surface area (Å²) >= 11 is 11.9. The Morgan fingerprint density at radius 1 is 0.889 bits per heavy atom. The third kappa shape index (κ3) is 4.88. The second-order valence-electron chi connectivity index (χ2n) is 5.66. The number of rotatable bonds is 5. The number of carbonyl (C=O) groups is 2. The highest BCUT2D eigenvalue weighted by molar-refractivity contribution is 6.35. The van der Waals surface area contributed by atoms with E-state index in [0.29, 0.717) is 21.3 Å². The first-order valence-corrected chi connectivity index (χ1v) is 8.86. The molecule has 0 fully saturated rings. The first-order chi connectivity index (χ1) is 13.0. The van der Waals surface area contributed by atoms with Crippen LogP contribution in [0.15, 0.2) is 72.8 Å². The minimum Gasteiger partial charge on any atom is -0.452 e. The van der Waals surface area contributed by atoms with Gasteiger partial charge in [-0.25, -0.2) is 4.79 Å². The number of amides is 1. The highest BCUT2D eigenvalue weighted by Crippen LogP contribution is 2.26. The number of nitrogens with one attached hydrogen (secondary N) is 1. The number of hydrogen-bond donors (Lipinski definition) is 1. The van der Waals surface area contributed by atoms with Crippen LogP contribution < -0.4 is 5.32 Å². The molecule has 0 saturated heterocycles. The monoisotopic (exact) mass is 399 g/mol. The van der Waals surface area contributed by atoms with Crippen molar-refractivity contribution in [1.29, 1.82) is 0 Å². The van der Waals surface area contributed by atoms with E-state index in [1.807, 2.05) is 42.5 Å². The number of carbonyl (C=O) groups excluding carboxylic acids is 2. The van der Waals surface area contributed by atoms with E-state index in [0.717, 1.165) is 11.1 Å². The Kier molecular flexibility index (Phi) is 6.12. The molecule has 0 saturated carbocycles. The average molecular weight is 400 g/mol. The highest BCUT2D eigenvalue weighted by Gasteiger charge is 2.15. The van der Waals surface area contributed by atoms with Crippen LogP contribution in [0.3, 0.4) is 0 Å². The molecule has 0 aliphatic carbocycles. The largest absolute Gasteiger partial charge is 0.452 e. The van der Waals surface area contributed by atoms with Crippen LogP contribution in [0.1, 0.15) is 10.4 Å². The lowest BCUT2D eigenvalue weighted by Gasteiger charge is -2.11. The summed E-state index contributed by atoms with van der Waals surface area (Å²) in [5, 5.41) is 3.35. The van der Waals surface area contributed by atoms with E-state index in [9.17, 15) is 9.59 Å². The zero-order valence-electron chi connectivity index (χ0n) is 14.1. The van der Waals surface area contributed by atoms with Gasteiger partial charge in [0.1, 0.15) is 0 Å². The molecule has 1 amide bonds. The van der Waals surface area contributed by atoms with E-state index in [4.69, 9.17) is 27.9 Å². The Bertz CT molecular complexity index is 974. The van der Waals surface area contributed by atoms with Crippen LogP contribution >= 0.6 is 23.2 Å². The van der Waals surface area contributed by atoms with Crippen molar-refractivity contribution in [2.24, 2.45) is 0 Å². The van der Waals surface area contributed by atoms with Gasteiger partial charge in [-0.1, -0.05) is 71.7 Å². The van der Waals surface area contributed by atoms with Crippen molar-refractivity contribution in [3.8, 4) is 11.1 Å². The van der Waals surface area contributed by atoms with Crippen LogP contribution in [0.5, 0.6) is 0 Å². The molecule has 0 aliphatic rings. The summed E-state index contributed by atoms with van der Waals surface area (Å²) in [5.74, 6) is -1.09. The number of anilines is 1. The van der Waals surface area contributed by atoms with Crippen LogP contribution in [-0.4, -0.2) is 18.5 Å². The number of ether oxygens (including phenoxy) is 1. The molecule has 0 heterocycles. The zero-order valence-corrected chi connectivity index (χ0v) is 15.6. The fourth-order valence-corrected chi connectivity index (χ4v) is 2.86. The fraction of sp³-hybridized carbons (Fsp3) is 0.0476. The van der Waals surface area contributed by atoms with Gasteiger partial charge in [0, 0.05) is 5.02 Å². The molecule has 0 radical (unpaired) electrons. The molecular weight excluding hydrogens is 385 g/mol. The van der Waals surface area contributed by atoms with Crippen molar-refractivity contribution in [2.45, 2.75) is 0 Å². The normalized spacial score (nSPS) is 10.3. The second kappa shape index (κ2) is 8.71. The number of hydrogen-bond acceptors (Lipinski definition) is 3. The average Bonchev–Trinajstić information content (AvgIpc) is 2.69. The molecule has 3 rings (SSSR count). The lowest BCUT2D eigenvalue weighted by atomic mass is 10.00. The molecule has 0 unspecified atom stereocenters. The van der Waals surface area contributed by atoms with Crippen LogP contribution in [0.2, 0.25) is 10.0 Å². The Morgan fingerprint density at radius 2 is 1.59 bits per heavy atom. The number of benzene rings is 3. The molecule has 4 nitrogen and oxygen atoms in total. The molecule has 1 N–H and O–H groups in total. The van der Waals surface area contributed by atoms with Crippen LogP contribution in [0, 0.1) is 0 Å². The van der Waals surface area contributed by atoms with Crippen molar-refractivity contribution in [2.75, 3.05) is 11.9 Å². The van der Waals surface area contributed by atoms with Gasteiger partial charge in [-0.05, 0) is 35.4 Å². The summed E-state index contributed by atoms with van der Waals surface area (Å²) in [4.78, 5) is 24.5. The maximum absolute atomic E-state index is 12.5. The quantitative estimate of drug-likeness (QED) is 0.579. The fourth-order valence-electron chi connectivity index (χ4n) is 2.52. The number of esters is 1. The molecule has 0 spiro atoms. The maximum atomic E-state index is 12.5. The standard InChI is InChI=1S/C21H15Cl2NO3/c22-15-10-11-18(23)19(12-15)24-20(25)13-27-21(26)17-9-5-4-8-16(17)14-6-2-1-3-7-14/h1-12H,13H2,(H,24,25). The first kappa shape index (κ1) is 19.0. The summed E-state index contributed by atoms with van der Waals surface area (Å²) in [5.41, 5.74) is 2.37. The van der Waals surface area contributed by atoms with Gasteiger partial charge in [-0.3, -0.25) is 4.79 Å². The van der Waals surface area contributed by atoms with Gasteiger partial charge in [0.25, 0.3) is 5.91 Å². The van der Waals surface area contributed by atoms with Gasteiger partial charge in [-0.15, -0.1) is 0 Å². The molecule has 27 heavy (non-hydrogen) atoms. The van der Waals surface area contributed by atoms with Gasteiger partial charge in [0.2, 0.25) is 0 Å². The molecule has 136 valence electrons. The van der Waals surface area contributed by atoms with Gasteiger partial charge < -0.3 is 10.1 Å². The molecule has 0 bridgehead atoms. The van der Waals surface area contributed by atoms with E-state index in [1.165, 1.54) is 6.07 Å². The van der Waals surface area contributed by atoms with E-state index >= 15 is 0 Å². The smallest absolute Gasteiger partial charge is 0.339 e. The van der Waals surface area contributed by atoms with Gasteiger partial charge in [-0.2, -0.15) is 0 Å². The lowest BCUT2D eigenvalue weighted by Crippen LogP contribution is -2.21. The third-order valence-corrected chi connectivity index (χ3v) is 4.33. The molecule has 3 aromatic rings. The third-order valence-electron chi connectivity index (χ3n) is 3.77. The Hall–Kier alpha value is -2.82. The van der Waals surface area contributed by atoms with E-state index in [1.54, 1.807) is 24.3 Å². The van der Waals surface area contributed by atoms with Crippen molar-refractivity contribution in [3.63, 3.8) is 0 Å². The lowest BCUT2D eigenvalue weighted by molar-refractivity contribution is -0.119. The van der Waals surface area contributed by atoms with Crippen LogP contribution in [-0.2, 0) is 9.53 Å².